The van der Waals surface area contributed by atoms with Gasteiger partial charge in [0.1, 0.15) is 53.5 Å². The molecule has 34 nitrogen and oxygen atoms in total. The summed E-state index contributed by atoms with van der Waals surface area (Å²) in [7, 11) is 4.65. The van der Waals surface area contributed by atoms with E-state index in [9.17, 15) is 39.0 Å². The number of rotatable bonds is 31. The summed E-state index contributed by atoms with van der Waals surface area (Å²) in [5.41, 5.74) is 20.2. The van der Waals surface area contributed by atoms with Gasteiger partial charge in [0.05, 0.1) is 88.3 Å². The predicted octanol–water partition coefficient (Wildman–Crippen LogP) is 9.92. The van der Waals surface area contributed by atoms with E-state index >= 15 is 0 Å². The van der Waals surface area contributed by atoms with Gasteiger partial charge in [-0.1, -0.05) is 94.5 Å². The molecule has 0 radical (unpaired) electrons. The first-order chi connectivity index (χ1) is 61.8. The quantitative estimate of drug-likeness (QED) is 0.0117. The molecule has 4 aliphatic heterocycles. The number of ketones is 3. The second kappa shape index (κ2) is 47.0. The lowest BCUT2D eigenvalue weighted by Crippen LogP contribution is -2.61. The number of nitrogen functional groups attached to an aromatic ring is 2. The smallest absolute Gasteiger partial charge is 0.329 e. The Labute approximate surface area is 748 Å². The van der Waals surface area contributed by atoms with Crippen LogP contribution in [0.3, 0.4) is 0 Å². The lowest BCUT2D eigenvalue weighted by molar-refractivity contribution is -0.265. The van der Waals surface area contributed by atoms with Crippen molar-refractivity contribution in [1.82, 2.24) is 64.8 Å². The highest BCUT2D eigenvalue weighted by molar-refractivity contribution is 6.39. The molecule has 4 fully saturated rings. The van der Waals surface area contributed by atoms with Crippen LogP contribution < -0.4 is 21.7 Å². The number of carbonyl (C=O) groups is 6. The van der Waals surface area contributed by atoms with Gasteiger partial charge < -0.3 is 83.8 Å². The first-order valence-electron chi connectivity index (χ1n) is 45.3. The maximum atomic E-state index is 14.9. The summed E-state index contributed by atoms with van der Waals surface area (Å²) in [5, 5.41) is 41.1. The second-order valence-corrected chi connectivity index (χ2v) is 35.0. The Kier molecular flexibility index (Phi) is 35.7. The fraction of sp³-hybridized carbons (Fsp3) is 0.596. The number of anilines is 3. The lowest BCUT2D eigenvalue weighted by Gasteiger charge is -2.42. The van der Waals surface area contributed by atoms with E-state index in [0.29, 0.717) is 169 Å². The van der Waals surface area contributed by atoms with E-state index < -0.39 is 83.7 Å². The third-order valence-corrected chi connectivity index (χ3v) is 25.5. The molecule has 1 aliphatic carbocycles. The number of benzene rings is 2. The van der Waals surface area contributed by atoms with Crippen LogP contribution in [0.2, 0.25) is 0 Å². The number of aryl methyl sites for hydroxylation is 1. The number of aromatic nitrogens is 10. The first kappa shape index (κ1) is 97.1. The van der Waals surface area contributed by atoms with Gasteiger partial charge in [0.2, 0.25) is 17.6 Å². The van der Waals surface area contributed by atoms with Crippen molar-refractivity contribution in [3.05, 3.63) is 126 Å². The number of methoxy groups -OCH3 is 3. The van der Waals surface area contributed by atoms with Crippen LogP contribution in [0.1, 0.15) is 156 Å². The number of aliphatic hydroxyl groups excluding tert-OH is 1. The molecule has 3 saturated heterocycles. The Morgan fingerprint density at radius 1 is 0.766 bits per heavy atom. The number of allylic oxidation sites excluding steroid dienone is 6. The molecule has 0 unspecified atom stereocenters. The summed E-state index contributed by atoms with van der Waals surface area (Å²) in [4.78, 5) is 113. The fourth-order valence-corrected chi connectivity index (χ4v) is 17.9. The molecule has 5 aliphatic rings. The molecule has 7 aromatic rings. The van der Waals surface area contributed by atoms with Gasteiger partial charge in [-0.05, 0) is 155 Å². The van der Waals surface area contributed by atoms with Crippen LogP contribution >= 0.6 is 0 Å². The predicted molar refractivity (Wildman–Crippen MR) is 479 cm³/mol. The normalized spacial score (nSPS) is 27.2. The number of fused-ring (bicyclic) bond motifs is 5. The van der Waals surface area contributed by atoms with Crippen LogP contribution in [-0.4, -0.2) is 260 Å². The summed E-state index contributed by atoms with van der Waals surface area (Å²) < 4.78 is 63.3. The number of cyclic esters (lactones) is 1. The van der Waals surface area contributed by atoms with Crippen molar-refractivity contribution in [1.29, 1.82) is 0 Å². The molecule has 34 heteroatoms. The molecule has 2 bridgehead atoms. The number of ether oxygens (including phenoxy) is 9. The van der Waals surface area contributed by atoms with Crippen LogP contribution in [0.15, 0.2) is 119 Å². The standard InChI is InChI=1S/C94H130N16O18/c1-59-19-12-11-13-20-60(2)78(119-8)51-72-27-24-65(7)94(118,128-72)87(115)90(116)109-32-16-14-23-74(109)91(117)126-79(52-75(111)61(3)46-64(6)85(114)86(121-10)84(113)63(5)45-59)62(4)47-66-25-28-77(80(49-66)120-9)125-57-67-21-18-22-68(48-67)70-53-98-93(99-54-70)107-36-34-106(35-37-107)55-71-56-108(105-103-71)38-40-123-42-44-124-43-41-122-39-30-81(112)97-31-15-17-33-110-89-82(88(95)100-58-101-89)83(104-110)69-26-29-76-73(50-69)102-92(96)127-76/h11-13,18-22,26,29,46,48,50,53-54,56,58-59,61-63,65-66,72,74,77-80,85-86,114,118H,14-17,23-25,27-28,30-45,47,49,51-52,55,57H2,1-10H3,(H2,96,102)(H,97,112)(H2,95,100,101)/b13-11+,19-12+,60-20+,64-46+/t59-,61-,62-,63-,65-,66+,72+,74+,77-,78+,79+,80-,85-,86+,94-/m1/s1. The van der Waals surface area contributed by atoms with Gasteiger partial charge in [0.15, 0.2) is 17.0 Å². The second-order valence-electron chi connectivity index (χ2n) is 35.0. The van der Waals surface area contributed by atoms with E-state index in [1.165, 1.54) is 18.3 Å². The molecular weight excluding hydrogens is 1640 g/mol. The van der Waals surface area contributed by atoms with Gasteiger partial charge in [0.25, 0.3) is 17.7 Å². The zero-order valence-electron chi connectivity index (χ0n) is 75.7. The molecule has 1 saturated carbocycles. The van der Waals surface area contributed by atoms with Crippen LogP contribution in [0.25, 0.3) is 44.5 Å². The summed E-state index contributed by atoms with van der Waals surface area (Å²) >= 11 is 0. The number of aliphatic hydroxyl groups is 2. The molecule has 2 aromatic carbocycles. The van der Waals surface area contributed by atoms with Crippen LogP contribution in [-0.2, 0) is 97.6 Å². The fourth-order valence-electron chi connectivity index (χ4n) is 17.9. The minimum atomic E-state index is -2.47. The number of nitrogens with zero attached hydrogens (tertiary/aromatic N) is 13. The Balaban J connectivity index is 0.557. The van der Waals surface area contributed by atoms with E-state index in [1.54, 1.807) is 51.8 Å². The number of esters is 1. The Morgan fingerprint density at radius 2 is 1.54 bits per heavy atom. The molecule has 694 valence electrons. The van der Waals surface area contributed by atoms with E-state index in [4.69, 9.17) is 73.6 Å². The van der Waals surface area contributed by atoms with Gasteiger partial charge in [-0.25, -0.2) is 34.1 Å². The van der Waals surface area contributed by atoms with Crippen molar-refractivity contribution < 1.29 is 86.0 Å². The minimum absolute atomic E-state index is 0.00979. The largest absolute Gasteiger partial charge is 0.460 e. The number of hydrogen-bond donors (Lipinski definition) is 5. The third-order valence-electron chi connectivity index (χ3n) is 25.5. The Morgan fingerprint density at radius 3 is 2.30 bits per heavy atom. The van der Waals surface area contributed by atoms with Crippen molar-refractivity contribution in [2.45, 2.75) is 226 Å². The van der Waals surface area contributed by atoms with Gasteiger partial charge in [-0.2, -0.15) is 10.1 Å². The number of piperazine rings is 1. The van der Waals surface area contributed by atoms with Gasteiger partial charge in [-0.15, -0.1) is 5.10 Å². The average molecular weight is 1770 g/mol. The molecular formula is C94H130N16O18. The van der Waals surface area contributed by atoms with Gasteiger partial charge in [0, 0.05) is 140 Å². The molecule has 0 spiro atoms. The van der Waals surface area contributed by atoms with Crippen LogP contribution in [0.4, 0.5) is 17.8 Å². The SMILES string of the molecule is CO[C@H]1C[C@@H]2CC[C@@H](C)[C@@](O)(O2)C(=O)C(=O)N2CCCC[C@H]2C(=O)O[C@H]([C@H](C)C[C@@H]2CC[C@@H](OCc3cccc(-c4cnc(N5CCN(Cc6cn(CCOCCOCCOCCC(=O)NCCCCn7nc(-c8ccc9oc(N)nc9c8)c8c(N)ncnc87)nn6)CC5)nc4)c3)[C@H](OC)C2)CC(=O)[C@H](C)/C=C(\C)[C@@H](O)[C@@H](OC)C(=O)[C@H](C)C[C@H](C)/C=C/C=C/C=C/1C. The molecule has 2 amide bonds. The van der Waals surface area contributed by atoms with E-state index in [1.807, 2.05) is 112 Å². The number of carbonyl (C=O) groups excluding carboxylic acids is 6. The molecule has 12 rings (SSSR count). The minimum Gasteiger partial charge on any atom is -0.460 e. The van der Waals surface area contributed by atoms with Crippen molar-refractivity contribution in [3.8, 4) is 22.4 Å². The number of nitrogens with two attached hydrogens (primary N) is 2. The first-order valence-corrected chi connectivity index (χ1v) is 45.3. The zero-order valence-corrected chi connectivity index (χ0v) is 75.7. The number of nitrogens with one attached hydrogen (secondary N) is 1. The van der Waals surface area contributed by atoms with Crippen molar-refractivity contribution >= 4 is 75.0 Å². The van der Waals surface area contributed by atoms with Crippen molar-refractivity contribution in [3.63, 3.8) is 0 Å². The summed E-state index contributed by atoms with van der Waals surface area (Å²) in [6, 6.07) is 12.6. The molecule has 128 heavy (non-hydrogen) atoms. The van der Waals surface area contributed by atoms with Crippen molar-refractivity contribution in [2.75, 3.05) is 117 Å². The molecule has 15 atom stereocenters. The van der Waals surface area contributed by atoms with Gasteiger partial charge in [-0.3, -0.25) is 28.9 Å². The van der Waals surface area contributed by atoms with E-state index in [2.05, 4.69) is 46.4 Å². The highest BCUT2D eigenvalue weighted by Crippen LogP contribution is 2.40. The Hall–Kier alpha value is -9.98. The maximum Gasteiger partial charge on any atom is 0.329 e. The highest BCUT2D eigenvalue weighted by atomic mass is 16.6. The van der Waals surface area contributed by atoms with Crippen LogP contribution in [0, 0.1) is 35.5 Å². The topological polar surface area (TPSA) is 426 Å². The number of amides is 2. The number of oxazole rings is 1. The number of Topliss-reactive ketones (excluding diaryl/α,β-unsaturated/α-hetero) is 3. The number of hydrogen-bond acceptors (Lipinski definition) is 30. The number of unbranched alkanes of at least 4 members (excludes halogenated alkanes) is 1. The molecule has 5 aromatic heterocycles. The highest BCUT2D eigenvalue weighted by Gasteiger charge is 2.53. The average Bonchev–Trinajstić information content (AvgIpc) is 1.56. The monoisotopic (exact) mass is 1770 g/mol. The van der Waals surface area contributed by atoms with Crippen LogP contribution in [0.5, 0.6) is 0 Å². The number of piperidine rings is 1. The zero-order chi connectivity index (χ0) is 91.0. The summed E-state index contributed by atoms with van der Waals surface area (Å²) in [6.07, 6.45) is 20.2. The van der Waals surface area contributed by atoms with E-state index in [0.717, 1.165) is 79.0 Å². The third kappa shape index (κ3) is 26.0. The molecule has 7 N–H and O–H groups in total. The maximum absolute atomic E-state index is 14.9. The van der Waals surface area contributed by atoms with Crippen molar-refractivity contribution in [2.24, 2.45) is 35.5 Å². The molecule has 9 heterocycles. The summed E-state index contributed by atoms with van der Waals surface area (Å²) in [6.45, 7) is 20.8. The van der Waals surface area contributed by atoms with E-state index in [-0.39, 0.29) is 79.9 Å². The van der Waals surface area contributed by atoms with Gasteiger partial charge >= 0.3 is 5.97 Å². The summed E-state index contributed by atoms with van der Waals surface area (Å²) in [5.74, 6) is -7.40. The lowest BCUT2D eigenvalue weighted by atomic mass is 9.78. The Bertz CT molecular complexity index is 4970.